The molecule has 5 heteroatoms. The van der Waals surface area contributed by atoms with E-state index in [1.165, 1.54) is 6.92 Å². The fraction of sp³-hybridized carbons (Fsp3) is 0.211. The molecule has 2 amide bonds. The van der Waals surface area contributed by atoms with Crippen molar-refractivity contribution in [2.45, 2.75) is 26.7 Å². The number of nitrogens with one attached hydrogen (secondary N) is 2. The molecule has 0 aliphatic rings. The van der Waals surface area contributed by atoms with Crippen molar-refractivity contribution in [1.82, 2.24) is 5.43 Å². The van der Waals surface area contributed by atoms with Crippen molar-refractivity contribution in [1.29, 1.82) is 0 Å². The molecule has 0 aliphatic heterocycles. The quantitative estimate of drug-likeness (QED) is 0.630. The van der Waals surface area contributed by atoms with Gasteiger partial charge in [0.05, 0.1) is 5.71 Å². The van der Waals surface area contributed by atoms with Crippen molar-refractivity contribution in [3.63, 3.8) is 0 Å². The first kappa shape index (κ1) is 17.4. The smallest absolute Gasteiger partial charge is 0.271 e. The van der Waals surface area contributed by atoms with Gasteiger partial charge in [-0.3, -0.25) is 9.59 Å². The second kappa shape index (κ2) is 8.62. The number of hydrazone groups is 1. The van der Waals surface area contributed by atoms with E-state index in [0.29, 0.717) is 11.3 Å². The van der Waals surface area contributed by atoms with Crippen LogP contribution in [0, 0.1) is 0 Å². The Bertz CT molecular complexity index is 722. The van der Waals surface area contributed by atoms with Gasteiger partial charge in [-0.15, -0.1) is 0 Å². The van der Waals surface area contributed by atoms with E-state index in [1.54, 1.807) is 24.3 Å². The van der Waals surface area contributed by atoms with Crippen LogP contribution < -0.4 is 10.7 Å². The van der Waals surface area contributed by atoms with Gasteiger partial charge in [-0.2, -0.15) is 5.10 Å². The lowest BCUT2D eigenvalue weighted by atomic mass is 10.1. The molecule has 0 heterocycles. The maximum Gasteiger partial charge on any atom is 0.271 e. The molecule has 0 saturated carbocycles. The first-order valence-electron chi connectivity index (χ1n) is 7.90. The highest BCUT2D eigenvalue weighted by Gasteiger charge is 2.07. The molecule has 2 aromatic rings. The third-order valence-electron chi connectivity index (χ3n) is 3.35. The molecule has 0 aromatic heterocycles. The average Bonchev–Trinajstić information content (AvgIpc) is 2.59. The zero-order valence-electron chi connectivity index (χ0n) is 13.9. The number of carbonyl (C=O) groups excluding carboxylic acids is 2. The van der Waals surface area contributed by atoms with E-state index in [9.17, 15) is 9.59 Å². The van der Waals surface area contributed by atoms with Gasteiger partial charge in [-0.25, -0.2) is 5.43 Å². The van der Waals surface area contributed by atoms with E-state index in [-0.39, 0.29) is 11.8 Å². The molecule has 0 atom stereocenters. The number of benzene rings is 2. The summed E-state index contributed by atoms with van der Waals surface area (Å²) in [4.78, 5) is 23.2. The molecule has 0 unspecified atom stereocenters. The van der Waals surface area contributed by atoms with Crippen molar-refractivity contribution >= 4 is 23.2 Å². The standard InChI is InChI=1S/C19H21N3O2/c1-3-7-18(15-8-5-4-6-9-15)21-22-19(24)16-10-12-17(13-11-16)20-14(2)23/h4-6,8-13H,3,7H2,1-2H3,(H,20,23)(H,22,24)/b21-18+. The zero-order chi connectivity index (χ0) is 17.4. The summed E-state index contributed by atoms with van der Waals surface area (Å²) in [7, 11) is 0. The first-order chi connectivity index (χ1) is 11.6. The molecule has 0 saturated heterocycles. The summed E-state index contributed by atoms with van der Waals surface area (Å²) in [6.07, 6.45) is 1.72. The van der Waals surface area contributed by atoms with Crippen LogP contribution in [0.25, 0.3) is 0 Å². The number of hydrogen-bond acceptors (Lipinski definition) is 3. The zero-order valence-corrected chi connectivity index (χ0v) is 13.9. The van der Waals surface area contributed by atoms with Crippen molar-refractivity contribution < 1.29 is 9.59 Å². The van der Waals surface area contributed by atoms with E-state index in [0.717, 1.165) is 24.1 Å². The summed E-state index contributed by atoms with van der Waals surface area (Å²) in [5.41, 5.74) is 5.59. The second-order valence-corrected chi connectivity index (χ2v) is 5.37. The minimum Gasteiger partial charge on any atom is -0.326 e. The number of anilines is 1. The highest BCUT2D eigenvalue weighted by atomic mass is 16.2. The van der Waals surface area contributed by atoms with Crippen LogP contribution in [0.15, 0.2) is 59.7 Å². The Hall–Kier alpha value is -2.95. The van der Waals surface area contributed by atoms with Gasteiger partial charge in [0.2, 0.25) is 5.91 Å². The summed E-state index contributed by atoms with van der Waals surface area (Å²) >= 11 is 0. The molecule has 0 bridgehead atoms. The van der Waals surface area contributed by atoms with Crippen LogP contribution >= 0.6 is 0 Å². The second-order valence-electron chi connectivity index (χ2n) is 5.37. The van der Waals surface area contributed by atoms with Crippen molar-refractivity contribution in [3.8, 4) is 0 Å². The summed E-state index contributed by atoms with van der Waals surface area (Å²) < 4.78 is 0. The van der Waals surface area contributed by atoms with Crippen LogP contribution in [0.2, 0.25) is 0 Å². The Labute approximate surface area is 141 Å². The number of hydrogen-bond donors (Lipinski definition) is 2. The lowest BCUT2D eigenvalue weighted by Gasteiger charge is -2.07. The van der Waals surface area contributed by atoms with Crippen molar-refractivity contribution in [3.05, 3.63) is 65.7 Å². The molecule has 0 radical (unpaired) electrons. The molecule has 0 fully saturated rings. The predicted molar refractivity (Wildman–Crippen MR) is 96.1 cm³/mol. The minimum absolute atomic E-state index is 0.149. The van der Waals surface area contributed by atoms with Gasteiger partial charge in [0.15, 0.2) is 0 Å². The van der Waals surface area contributed by atoms with Gasteiger partial charge in [-0.05, 0) is 36.2 Å². The Kier molecular flexibility index (Phi) is 6.25. The van der Waals surface area contributed by atoms with Crippen LogP contribution in [0.5, 0.6) is 0 Å². The molecule has 0 spiro atoms. The summed E-state index contributed by atoms with van der Waals surface area (Å²) in [5, 5.41) is 6.94. The predicted octanol–water partition coefficient (Wildman–Crippen LogP) is 3.58. The molecular formula is C19H21N3O2. The number of nitrogens with zero attached hydrogens (tertiary/aromatic N) is 1. The van der Waals surface area contributed by atoms with E-state index in [2.05, 4.69) is 22.8 Å². The Morgan fingerprint density at radius 1 is 0.958 bits per heavy atom. The summed E-state index contributed by atoms with van der Waals surface area (Å²) in [6.45, 7) is 3.51. The van der Waals surface area contributed by atoms with Gasteiger partial charge in [0.1, 0.15) is 0 Å². The molecule has 5 nitrogen and oxygen atoms in total. The highest BCUT2D eigenvalue weighted by Crippen LogP contribution is 2.10. The fourth-order valence-electron chi connectivity index (χ4n) is 2.22. The minimum atomic E-state index is -0.283. The van der Waals surface area contributed by atoms with Gasteiger partial charge in [0, 0.05) is 18.2 Å². The van der Waals surface area contributed by atoms with Crippen molar-refractivity contribution in [2.24, 2.45) is 5.10 Å². The topological polar surface area (TPSA) is 70.6 Å². The van der Waals surface area contributed by atoms with Crippen LogP contribution in [-0.2, 0) is 4.79 Å². The Morgan fingerprint density at radius 3 is 2.21 bits per heavy atom. The monoisotopic (exact) mass is 323 g/mol. The molecular weight excluding hydrogens is 302 g/mol. The summed E-state index contributed by atoms with van der Waals surface area (Å²) in [5.74, 6) is -0.433. The van der Waals surface area contributed by atoms with Gasteiger partial charge >= 0.3 is 0 Å². The van der Waals surface area contributed by atoms with Crippen molar-refractivity contribution in [2.75, 3.05) is 5.32 Å². The molecule has 0 aliphatic carbocycles. The third kappa shape index (κ3) is 5.05. The van der Waals surface area contributed by atoms with E-state index >= 15 is 0 Å². The van der Waals surface area contributed by atoms with Crippen LogP contribution in [0.4, 0.5) is 5.69 Å². The fourth-order valence-corrected chi connectivity index (χ4v) is 2.22. The SMILES string of the molecule is CCC/C(=N\NC(=O)c1ccc(NC(C)=O)cc1)c1ccccc1. The molecule has 2 rings (SSSR count). The molecule has 2 aromatic carbocycles. The highest BCUT2D eigenvalue weighted by molar-refractivity contribution is 6.02. The number of amides is 2. The number of rotatable bonds is 6. The summed E-state index contributed by atoms with van der Waals surface area (Å²) in [6, 6.07) is 16.5. The van der Waals surface area contributed by atoms with Gasteiger partial charge < -0.3 is 5.32 Å². The molecule has 24 heavy (non-hydrogen) atoms. The van der Waals surface area contributed by atoms with Gasteiger partial charge in [-0.1, -0.05) is 43.7 Å². The number of carbonyl (C=O) groups is 2. The maximum atomic E-state index is 12.2. The van der Waals surface area contributed by atoms with Crippen LogP contribution in [0.1, 0.15) is 42.6 Å². The van der Waals surface area contributed by atoms with E-state index in [4.69, 9.17) is 0 Å². The Morgan fingerprint density at radius 2 is 1.62 bits per heavy atom. The lowest BCUT2D eigenvalue weighted by molar-refractivity contribution is -0.114. The van der Waals surface area contributed by atoms with E-state index < -0.39 is 0 Å². The first-order valence-corrected chi connectivity index (χ1v) is 7.90. The largest absolute Gasteiger partial charge is 0.326 e. The molecule has 124 valence electrons. The normalized spacial score (nSPS) is 11.0. The van der Waals surface area contributed by atoms with Gasteiger partial charge in [0.25, 0.3) is 5.91 Å². The maximum absolute atomic E-state index is 12.2. The molecule has 2 N–H and O–H groups in total. The third-order valence-corrected chi connectivity index (χ3v) is 3.35. The Balaban J connectivity index is 2.08. The lowest BCUT2D eigenvalue weighted by Crippen LogP contribution is -2.20. The van der Waals surface area contributed by atoms with Crippen LogP contribution in [-0.4, -0.2) is 17.5 Å². The van der Waals surface area contributed by atoms with E-state index in [1.807, 2.05) is 30.3 Å². The average molecular weight is 323 g/mol. The van der Waals surface area contributed by atoms with Crippen LogP contribution in [0.3, 0.4) is 0 Å².